The number of hydrogen-bond donors (Lipinski definition) is 1. The summed E-state index contributed by atoms with van der Waals surface area (Å²) in [5, 5.41) is 2.94. The molecule has 0 spiro atoms. The van der Waals surface area contributed by atoms with Crippen LogP contribution in [0.2, 0.25) is 0 Å². The predicted molar refractivity (Wildman–Crippen MR) is 141 cm³/mol. The zero-order chi connectivity index (χ0) is 26.9. The highest BCUT2D eigenvalue weighted by atomic mass is 32.2. The van der Waals surface area contributed by atoms with Crippen molar-refractivity contribution in [3.8, 4) is 0 Å². The zero-order valence-corrected chi connectivity index (χ0v) is 22.6. The van der Waals surface area contributed by atoms with Crippen molar-refractivity contribution in [1.29, 1.82) is 0 Å². The molecule has 0 unspecified atom stereocenters. The van der Waals surface area contributed by atoms with Gasteiger partial charge >= 0.3 is 0 Å². The van der Waals surface area contributed by atoms with Crippen LogP contribution in [-0.4, -0.2) is 50.5 Å². The molecule has 0 aromatic heterocycles. The van der Waals surface area contributed by atoms with Gasteiger partial charge < -0.3 is 10.2 Å². The van der Waals surface area contributed by atoms with E-state index < -0.39 is 21.9 Å². The summed E-state index contributed by atoms with van der Waals surface area (Å²) in [6.45, 7) is 8.71. The maximum atomic E-state index is 13.4. The first-order valence-corrected chi connectivity index (χ1v) is 14.1. The van der Waals surface area contributed by atoms with Crippen molar-refractivity contribution >= 4 is 27.5 Å². The van der Waals surface area contributed by atoms with E-state index in [2.05, 4.69) is 5.32 Å². The van der Waals surface area contributed by atoms with E-state index >= 15 is 0 Å². The highest BCUT2D eigenvalue weighted by molar-refractivity contribution is 7.92. The number of aryl methyl sites for hydroxylation is 1. The molecule has 198 valence electrons. The molecule has 0 aliphatic carbocycles. The van der Waals surface area contributed by atoms with Crippen LogP contribution in [0.15, 0.2) is 48.5 Å². The number of halogens is 1. The van der Waals surface area contributed by atoms with Gasteiger partial charge in [-0.2, -0.15) is 0 Å². The number of amides is 2. The minimum absolute atomic E-state index is 0.0603. The fourth-order valence-electron chi connectivity index (χ4n) is 3.92. The Kier molecular flexibility index (Phi) is 10.9. The standard InChI is InChI=1S/C27H38FN3O4S/c1-6-25(27(33)29-18-20(2)3)30(19-22-11-8-7-10-21(22)4)26(32)12-9-17-31(36(5,34)35)24-15-13-23(28)14-16-24/h7-8,10-11,13-16,20,25H,6,9,12,17-19H2,1-5H3,(H,29,33)/t25-/m0/s1. The van der Waals surface area contributed by atoms with Crippen LogP contribution in [0.3, 0.4) is 0 Å². The Balaban J connectivity index is 2.21. The van der Waals surface area contributed by atoms with Gasteiger partial charge in [0.05, 0.1) is 11.9 Å². The summed E-state index contributed by atoms with van der Waals surface area (Å²) in [6.07, 6.45) is 1.84. The molecule has 2 aromatic carbocycles. The smallest absolute Gasteiger partial charge is 0.242 e. The Labute approximate surface area is 214 Å². The lowest BCUT2D eigenvalue weighted by molar-refractivity contribution is -0.141. The Bertz CT molecular complexity index is 1120. The Morgan fingerprint density at radius 2 is 1.69 bits per heavy atom. The SMILES string of the molecule is CC[C@@H](C(=O)NCC(C)C)N(Cc1ccccc1C)C(=O)CCCN(c1ccc(F)cc1)S(C)(=O)=O. The van der Waals surface area contributed by atoms with Gasteiger partial charge in [-0.05, 0) is 61.1 Å². The van der Waals surface area contributed by atoms with Gasteiger partial charge in [-0.3, -0.25) is 13.9 Å². The number of benzene rings is 2. The predicted octanol–water partition coefficient (Wildman–Crippen LogP) is 4.26. The molecule has 2 rings (SSSR count). The maximum Gasteiger partial charge on any atom is 0.242 e. The molecule has 0 radical (unpaired) electrons. The summed E-state index contributed by atoms with van der Waals surface area (Å²) in [5.41, 5.74) is 2.31. The topological polar surface area (TPSA) is 86.8 Å². The molecule has 0 aliphatic rings. The molecule has 0 saturated heterocycles. The van der Waals surface area contributed by atoms with Crippen molar-refractivity contribution in [3.63, 3.8) is 0 Å². The van der Waals surface area contributed by atoms with E-state index in [1.165, 1.54) is 24.3 Å². The van der Waals surface area contributed by atoms with Gasteiger partial charge in [-0.1, -0.05) is 45.0 Å². The minimum Gasteiger partial charge on any atom is -0.354 e. The normalized spacial score (nSPS) is 12.3. The molecule has 2 amide bonds. The van der Waals surface area contributed by atoms with E-state index in [1.807, 2.05) is 52.0 Å². The van der Waals surface area contributed by atoms with Crippen LogP contribution in [0.1, 0.15) is 51.2 Å². The number of anilines is 1. The second-order valence-electron chi connectivity index (χ2n) is 9.43. The second kappa shape index (κ2) is 13.4. The second-order valence-corrected chi connectivity index (χ2v) is 11.3. The van der Waals surface area contributed by atoms with E-state index in [-0.39, 0.29) is 43.7 Å². The van der Waals surface area contributed by atoms with Crippen LogP contribution >= 0.6 is 0 Å². The van der Waals surface area contributed by atoms with E-state index in [0.29, 0.717) is 18.7 Å². The number of sulfonamides is 1. The first-order valence-electron chi connectivity index (χ1n) is 12.3. The van der Waals surface area contributed by atoms with E-state index in [4.69, 9.17) is 0 Å². The van der Waals surface area contributed by atoms with Crippen molar-refractivity contribution in [2.75, 3.05) is 23.7 Å². The van der Waals surface area contributed by atoms with Crippen LogP contribution in [0.5, 0.6) is 0 Å². The number of carbonyl (C=O) groups excluding carboxylic acids is 2. The maximum absolute atomic E-state index is 13.4. The fourth-order valence-corrected chi connectivity index (χ4v) is 4.89. The lowest BCUT2D eigenvalue weighted by Gasteiger charge is -2.31. The van der Waals surface area contributed by atoms with E-state index in [9.17, 15) is 22.4 Å². The monoisotopic (exact) mass is 519 g/mol. The average molecular weight is 520 g/mol. The molecule has 36 heavy (non-hydrogen) atoms. The van der Waals surface area contributed by atoms with Crippen molar-refractivity contribution in [3.05, 3.63) is 65.5 Å². The third-order valence-corrected chi connectivity index (χ3v) is 7.13. The molecule has 0 heterocycles. The number of rotatable bonds is 13. The fraction of sp³-hybridized carbons (Fsp3) is 0.481. The molecular formula is C27H38FN3O4S. The van der Waals surface area contributed by atoms with Gasteiger partial charge in [0, 0.05) is 26.1 Å². The Hall–Kier alpha value is -2.94. The highest BCUT2D eigenvalue weighted by Gasteiger charge is 2.29. The summed E-state index contributed by atoms with van der Waals surface area (Å²) >= 11 is 0. The van der Waals surface area contributed by atoms with Crippen LogP contribution in [0.25, 0.3) is 0 Å². The lowest BCUT2D eigenvalue weighted by Crippen LogP contribution is -2.49. The summed E-state index contributed by atoms with van der Waals surface area (Å²) in [6, 6.07) is 12.3. The van der Waals surface area contributed by atoms with Crippen LogP contribution in [0, 0.1) is 18.7 Å². The molecule has 0 bridgehead atoms. The average Bonchev–Trinajstić information content (AvgIpc) is 2.81. The third-order valence-electron chi connectivity index (χ3n) is 5.94. The van der Waals surface area contributed by atoms with Gasteiger partial charge in [0.15, 0.2) is 0 Å². The van der Waals surface area contributed by atoms with Crippen LogP contribution < -0.4 is 9.62 Å². The summed E-state index contributed by atoms with van der Waals surface area (Å²) in [5.74, 6) is -0.606. The molecule has 0 aliphatic heterocycles. The lowest BCUT2D eigenvalue weighted by atomic mass is 10.0. The Morgan fingerprint density at radius 1 is 1.06 bits per heavy atom. The first-order chi connectivity index (χ1) is 16.9. The first kappa shape index (κ1) is 29.3. The van der Waals surface area contributed by atoms with Gasteiger partial charge in [0.25, 0.3) is 0 Å². The minimum atomic E-state index is -3.63. The third kappa shape index (κ3) is 8.62. The summed E-state index contributed by atoms with van der Waals surface area (Å²) in [7, 11) is -3.63. The van der Waals surface area contributed by atoms with Gasteiger partial charge in [0.1, 0.15) is 11.9 Å². The molecule has 0 saturated carbocycles. The van der Waals surface area contributed by atoms with Crippen LogP contribution in [-0.2, 0) is 26.2 Å². The van der Waals surface area contributed by atoms with Crippen molar-refractivity contribution in [1.82, 2.24) is 10.2 Å². The van der Waals surface area contributed by atoms with Crippen molar-refractivity contribution < 1.29 is 22.4 Å². The molecule has 7 nitrogen and oxygen atoms in total. The molecule has 9 heteroatoms. The van der Waals surface area contributed by atoms with E-state index in [0.717, 1.165) is 21.7 Å². The molecule has 1 N–H and O–H groups in total. The largest absolute Gasteiger partial charge is 0.354 e. The highest BCUT2D eigenvalue weighted by Crippen LogP contribution is 2.20. The van der Waals surface area contributed by atoms with E-state index in [1.54, 1.807) is 4.90 Å². The number of hydrogen-bond acceptors (Lipinski definition) is 4. The van der Waals surface area contributed by atoms with Crippen molar-refractivity contribution in [2.24, 2.45) is 5.92 Å². The van der Waals surface area contributed by atoms with Crippen molar-refractivity contribution in [2.45, 2.75) is 59.5 Å². The zero-order valence-electron chi connectivity index (χ0n) is 21.8. The molecule has 2 aromatic rings. The van der Waals surface area contributed by atoms with Gasteiger partial charge in [-0.15, -0.1) is 0 Å². The van der Waals surface area contributed by atoms with Gasteiger partial charge in [0.2, 0.25) is 21.8 Å². The molecule has 0 fully saturated rings. The number of nitrogens with one attached hydrogen (secondary N) is 1. The summed E-state index contributed by atoms with van der Waals surface area (Å²) in [4.78, 5) is 28.0. The van der Waals surface area contributed by atoms with Crippen LogP contribution in [0.4, 0.5) is 10.1 Å². The summed E-state index contributed by atoms with van der Waals surface area (Å²) < 4.78 is 39.2. The quantitative estimate of drug-likeness (QED) is 0.428. The number of carbonyl (C=O) groups is 2. The molecular weight excluding hydrogens is 481 g/mol. The number of nitrogens with zero attached hydrogens (tertiary/aromatic N) is 2. The Morgan fingerprint density at radius 3 is 2.25 bits per heavy atom. The van der Waals surface area contributed by atoms with Gasteiger partial charge in [-0.25, -0.2) is 12.8 Å². The molecule has 1 atom stereocenters.